The minimum Gasteiger partial charge on any atom is -0.461 e. The number of piperidine rings is 2. The molecular formula is C25H34N2O4. The average molecular weight is 427 g/mol. The molecule has 4 bridgehead atoms. The first kappa shape index (κ1) is 21.0. The Morgan fingerprint density at radius 1 is 0.742 bits per heavy atom. The molecule has 6 nitrogen and oxygen atoms in total. The lowest BCUT2D eigenvalue weighted by Crippen LogP contribution is -2.45. The van der Waals surface area contributed by atoms with Gasteiger partial charge in [0.15, 0.2) is 5.92 Å². The molecule has 4 aliphatic heterocycles. The number of carbonyl (C=O) groups excluding carboxylic acids is 2. The fourth-order valence-electron chi connectivity index (χ4n) is 6.39. The zero-order chi connectivity index (χ0) is 21.5. The lowest BCUT2D eigenvalue weighted by Gasteiger charge is -2.37. The molecule has 4 saturated heterocycles. The number of fused-ring (bicyclic) bond motifs is 4. The SMILES string of the molecule is CN1C2CCC1CC(OC(=O)C(C(=O)OC1CC3CCC(C1)N3C)c1ccccc1)C2. The van der Waals surface area contributed by atoms with E-state index in [4.69, 9.17) is 9.47 Å². The highest BCUT2D eigenvalue weighted by Crippen LogP contribution is 2.38. The third-order valence-corrected chi connectivity index (χ3v) is 8.28. The van der Waals surface area contributed by atoms with Crippen LogP contribution < -0.4 is 0 Å². The number of rotatable bonds is 5. The Kier molecular flexibility index (Phi) is 5.78. The van der Waals surface area contributed by atoms with E-state index in [-0.39, 0.29) is 12.2 Å². The van der Waals surface area contributed by atoms with Crippen LogP contribution in [0.1, 0.15) is 62.8 Å². The maximum absolute atomic E-state index is 13.3. The second-order valence-corrected chi connectivity index (χ2v) is 10.0. The number of ether oxygens (including phenoxy) is 2. The maximum atomic E-state index is 13.3. The quantitative estimate of drug-likeness (QED) is 0.533. The fourth-order valence-corrected chi connectivity index (χ4v) is 6.39. The second kappa shape index (κ2) is 8.55. The Labute approximate surface area is 184 Å². The summed E-state index contributed by atoms with van der Waals surface area (Å²) in [6.45, 7) is 0. The van der Waals surface area contributed by atoms with Crippen LogP contribution in [0.2, 0.25) is 0 Å². The van der Waals surface area contributed by atoms with E-state index in [2.05, 4.69) is 23.9 Å². The molecule has 4 unspecified atom stereocenters. The van der Waals surface area contributed by atoms with E-state index in [1.54, 1.807) is 0 Å². The predicted molar refractivity (Wildman–Crippen MR) is 117 cm³/mol. The van der Waals surface area contributed by atoms with Crippen LogP contribution in [0.4, 0.5) is 0 Å². The third kappa shape index (κ3) is 4.12. The summed E-state index contributed by atoms with van der Waals surface area (Å²) in [7, 11) is 4.33. The zero-order valence-electron chi connectivity index (χ0n) is 18.6. The maximum Gasteiger partial charge on any atom is 0.325 e. The molecule has 4 atom stereocenters. The van der Waals surface area contributed by atoms with E-state index in [0.717, 1.165) is 51.4 Å². The van der Waals surface area contributed by atoms with Crippen LogP contribution in [-0.4, -0.2) is 72.2 Å². The molecule has 1 aromatic rings. The Morgan fingerprint density at radius 2 is 1.13 bits per heavy atom. The van der Waals surface area contributed by atoms with Gasteiger partial charge in [-0.05, 0) is 71.0 Å². The van der Waals surface area contributed by atoms with E-state index in [9.17, 15) is 9.59 Å². The van der Waals surface area contributed by atoms with Crippen LogP contribution >= 0.6 is 0 Å². The smallest absolute Gasteiger partial charge is 0.325 e. The average Bonchev–Trinajstić information content (AvgIpc) is 3.08. The van der Waals surface area contributed by atoms with Gasteiger partial charge in [0.2, 0.25) is 0 Å². The van der Waals surface area contributed by atoms with Gasteiger partial charge in [0, 0.05) is 24.2 Å². The van der Waals surface area contributed by atoms with Crippen LogP contribution in [0.25, 0.3) is 0 Å². The second-order valence-electron chi connectivity index (χ2n) is 10.0. The van der Waals surface area contributed by atoms with E-state index < -0.39 is 17.9 Å². The van der Waals surface area contributed by atoms with Gasteiger partial charge in [-0.1, -0.05) is 30.3 Å². The molecule has 0 N–H and O–H groups in total. The first-order valence-corrected chi connectivity index (χ1v) is 11.9. The monoisotopic (exact) mass is 426 g/mol. The minimum absolute atomic E-state index is 0.112. The largest absolute Gasteiger partial charge is 0.461 e. The van der Waals surface area contributed by atoms with Crippen molar-refractivity contribution in [3.8, 4) is 0 Å². The molecule has 0 amide bonds. The van der Waals surface area contributed by atoms with Crippen molar-refractivity contribution in [3.05, 3.63) is 35.9 Å². The van der Waals surface area contributed by atoms with E-state index in [1.807, 2.05) is 30.3 Å². The highest BCUT2D eigenvalue weighted by molar-refractivity contribution is 6.01. The number of esters is 2. The minimum atomic E-state index is -1.00. The summed E-state index contributed by atoms with van der Waals surface area (Å²) < 4.78 is 11.9. The van der Waals surface area contributed by atoms with Gasteiger partial charge in [-0.3, -0.25) is 9.59 Å². The Hall–Kier alpha value is -1.92. The van der Waals surface area contributed by atoms with Crippen LogP contribution in [0.3, 0.4) is 0 Å². The standard InChI is InChI=1S/C25H34N2O4/c1-26-17-8-9-18(26)13-21(12-17)30-24(28)23(16-6-4-3-5-7-16)25(29)31-22-14-19-10-11-20(15-22)27(19)2/h3-7,17-23H,8-15H2,1-2H3. The first-order chi connectivity index (χ1) is 15.0. The van der Waals surface area contributed by atoms with Crippen molar-refractivity contribution in [3.63, 3.8) is 0 Å². The van der Waals surface area contributed by atoms with Crippen molar-refractivity contribution < 1.29 is 19.1 Å². The normalized spacial score (nSPS) is 36.2. The lowest BCUT2D eigenvalue weighted by molar-refractivity contribution is -0.166. The van der Waals surface area contributed by atoms with E-state index in [1.165, 1.54) is 0 Å². The summed E-state index contributed by atoms with van der Waals surface area (Å²) in [6.07, 6.45) is 7.85. The first-order valence-electron chi connectivity index (χ1n) is 11.9. The van der Waals surface area contributed by atoms with Crippen molar-refractivity contribution in [1.82, 2.24) is 9.80 Å². The topological polar surface area (TPSA) is 59.1 Å². The van der Waals surface area contributed by atoms with Crippen molar-refractivity contribution in [2.45, 2.75) is 93.7 Å². The highest BCUT2D eigenvalue weighted by Gasteiger charge is 2.44. The molecule has 4 heterocycles. The zero-order valence-corrected chi connectivity index (χ0v) is 18.6. The van der Waals surface area contributed by atoms with Gasteiger partial charge in [0.25, 0.3) is 0 Å². The molecule has 31 heavy (non-hydrogen) atoms. The summed E-state index contributed by atoms with van der Waals surface area (Å²) in [5.74, 6) is -1.92. The molecule has 4 aliphatic rings. The van der Waals surface area contributed by atoms with Gasteiger partial charge in [0.1, 0.15) is 12.2 Å². The summed E-state index contributed by atoms with van der Waals surface area (Å²) >= 11 is 0. The Bertz CT molecular complexity index is 739. The van der Waals surface area contributed by atoms with Gasteiger partial charge in [-0.15, -0.1) is 0 Å². The number of nitrogens with zero attached hydrogens (tertiary/aromatic N) is 2. The molecule has 0 spiro atoms. The fraction of sp³-hybridized carbons (Fsp3) is 0.680. The molecule has 5 rings (SSSR count). The van der Waals surface area contributed by atoms with Crippen LogP contribution in [0.5, 0.6) is 0 Å². The van der Waals surface area contributed by atoms with Gasteiger partial charge in [-0.2, -0.15) is 0 Å². The Balaban J connectivity index is 1.28. The van der Waals surface area contributed by atoms with Gasteiger partial charge < -0.3 is 19.3 Å². The van der Waals surface area contributed by atoms with Gasteiger partial charge >= 0.3 is 11.9 Å². The lowest BCUT2D eigenvalue weighted by atomic mass is 9.97. The molecule has 0 saturated carbocycles. The van der Waals surface area contributed by atoms with Crippen molar-refractivity contribution >= 4 is 11.9 Å². The van der Waals surface area contributed by atoms with Crippen molar-refractivity contribution in [1.29, 1.82) is 0 Å². The molecule has 1 aromatic carbocycles. The van der Waals surface area contributed by atoms with E-state index >= 15 is 0 Å². The summed E-state index contributed by atoms with van der Waals surface area (Å²) in [4.78, 5) is 31.4. The highest BCUT2D eigenvalue weighted by atomic mass is 16.6. The number of hydrogen-bond donors (Lipinski definition) is 0. The number of benzene rings is 1. The van der Waals surface area contributed by atoms with Gasteiger partial charge in [-0.25, -0.2) is 0 Å². The number of hydrogen-bond acceptors (Lipinski definition) is 6. The summed E-state index contributed by atoms with van der Waals surface area (Å²) in [6, 6.07) is 11.2. The van der Waals surface area contributed by atoms with E-state index in [0.29, 0.717) is 29.7 Å². The molecule has 6 heteroatoms. The van der Waals surface area contributed by atoms with Gasteiger partial charge in [0.05, 0.1) is 0 Å². The summed E-state index contributed by atoms with van der Waals surface area (Å²) in [5.41, 5.74) is 0.657. The Morgan fingerprint density at radius 3 is 1.52 bits per heavy atom. The van der Waals surface area contributed by atoms with Crippen molar-refractivity contribution in [2.24, 2.45) is 0 Å². The molecule has 4 fully saturated rings. The molecule has 0 aliphatic carbocycles. The molecule has 168 valence electrons. The van der Waals surface area contributed by atoms with Crippen molar-refractivity contribution in [2.75, 3.05) is 14.1 Å². The van der Waals surface area contributed by atoms with Crippen LogP contribution in [-0.2, 0) is 19.1 Å². The summed E-state index contributed by atoms with van der Waals surface area (Å²) in [5, 5.41) is 0. The predicted octanol–water partition coefficient (Wildman–Crippen LogP) is 3.11. The molecule has 0 aromatic heterocycles. The number of carbonyl (C=O) groups is 2. The molecule has 0 radical (unpaired) electrons. The molecular weight excluding hydrogens is 392 g/mol. The van der Waals surface area contributed by atoms with Crippen LogP contribution in [0.15, 0.2) is 30.3 Å². The van der Waals surface area contributed by atoms with Crippen LogP contribution in [0, 0.1) is 0 Å². The third-order valence-electron chi connectivity index (χ3n) is 8.28.